The smallest absolute Gasteiger partial charge is 0.288 e. The first kappa shape index (κ1) is 22.9. The molecule has 0 aliphatic carbocycles. The molecular formula is C19H20F2N2O4S2. The van der Waals surface area contributed by atoms with E-state index < -0.39 is 28.2 Å². The molecule has 10 heteroatoms. The summed E-state index contributed by atoms with van der Waals surface area (Å²) in [5.41, 5.74) is 0.369. The lowest BCUT2D eigenvalue weighted by atomic mass is 10.3. The van der Waals surface area contributed by atoms with Gasteiger partial charge in [0.05, 0.1) is 18.6 Å². The van der Waals surface area contributed by atoms with Gasteiger partial charge in [0, 0.05) is 17.1 Å². The van der Waals surface area contributed by atoms with Crippen molar-refractivity contribution in [2.75, 3.05) is 25.5 Å². The fourth-order valence-corrected chi connectivity index (χ4v) is 4.23. The van der Waals surface area contributed by atoms with Crippen molar-refractivity contribution in [3.8, 4) is 5.75 Å². The summed E-state index contributed by atoms with van der Waals surface area (Å²) in [6.45, 7) is 3.04. The van der Waals surface area contributed by atoms with Gasteiger partial charge in [-0.2, -0.15) is 13.1 Å². The van der Waals surface area contributed by atoms with E-state index in [0.29, 0.717) is 28.1 Å². The number of methoxy groups -OCH3 is 1. The molecule has 1 N–H and O–H groups in total. The number of thioether (sulfide) groups is 1. The Morgan fingerprint density at radius 1 is 1.21 bits per heavy atom. The molecule has 2 aromatic rings. The highest BCUT2D eigenvalue weighted by Crippen LogP contribution is 2.26. The molecule has 0 spiro atoms. The van der Waals surface area contributed by atoms with Gasteiger partial charge in [-0.15, -0.1) is 6.58 Å². The number of sulfonamides is 1. The number of alkyl halides is 2. The lowest BCUT2D eigenvalue weighted by molar-refractivity contribution is -0.116. The third-order valence-electron chi connectivity index (χ3n) is 3.71. The standard InChI is InChI=1S/C19H20F2N2O4S2/c1-3-12-23(29(25,26)17-10-6-15(27-2)7-11-17)13-18(24)22-14-4-8-16(9-5-14)28-19(20)21/h3-11,19H,1,12-13H2,2H3,(H,22,24). The van der Waals surface area contributed by atoms with Crippen LogP contribution in [0.15, 0.2) is 71.0 Å². The Bertz CT molecular complexity index is 934. The molecule has 6 nitrogen and oxygen atoms in total. The van der Waals surface area contributed by atoms with Crippen molar-refractivity contribution in [1.82, 2.24) is 4.31 Å². The van der Waals surface area contributed by atoms with E-state index in [2.05, 4.69) is 11.9 Å². The topological polar surface area (TPSA) is 75.7 Å². The van der Waals surface area contributed by atoms with Crippen molar-refractivity contribution < 1.29 is 26.7 Å². The average molecular weight is 443 g/mol. The molecule has 0 heterocycles. The summed E-state index contributed by atoms with van der Waals surface area (Å²) in [6, 6.07) is 11.6. The second kappa shape index (κ2) is 10.4. The zero-order valence-corrected chi connectivity index (χ0v) is 17.2. The number of nitrogens with one attached hydrogen (secondary N) is 1. The molecule has 0 aromatic heterocycles. The van der Waals surface area contributed by atoms with Gasteiger partial charge in [0.1, 0.15) is 5.75 Å². The zero-order valence-electron chi connectivity index (χ0n) is 15.5. The van der Waals surface area contributed by atoms with Gasteiger partial charge in [-0.05, 0) is 48.5 Å². The molecular weight excluding hydrogens is 422 g/mol. The van der Waals surface area contributed by atoms with Crippen molar-refractivity contribution in [3.05, 3.63) is 61.2 Å². The molecule has 2 rings (SSSR count). The highest BCUT2D eigenvalue weighted by Gasteiger charge is 2.25. The zero-order chi connectivity index (χ0) is 21.4. The summed E-state index contributed by atoms with van der Waals surface area (Å²) in [5.74, 6) is -2.60. The molecule has 0 aliphatic rings. The first-order valence-electron chi connectivity index (χ1n) is 8.36. The third-order valence-corrected chi connectivity index (χ3v) is 6.26. The predicted molar refractivity (Wildman–Crippen MR) is 109 cm³/mol. The van der Waals surface area contributed by atoms with Crippen LogP contribution in [-0.2, 0) is 14.8 Å². The Balaban J connectivity index is 2.10. The van der Waals surface area contributed by atoms with Crippen LogP contribution in [0.5, 0.6) is 5.75 Å². The SMILES string of the molecule is C=CCN(CC(=O)Nc1ccc(SC(F)F)cc1)S(=O)(=O)c1ccc(OC)cc1. The maximum absolute atomic E-state index is 12.8. The van der Waals surface area contributed by atoms with Crippen LogP contribution in [0.25, 0.3) is 0 Å². The molecule has 0 saturated carbocycles. The monoisotopic (exact) mass is 442 g/mol. The first-order valence-corrected chi connectivity index (χ1v) is 10.7. The molecule has 0 aliphatic heterocycles. The van der Waals surface area contributed by atoms with Crippen LogP contribution >= 0.6 is 11.8 Å². The Morgan fingerprint density at radius 3 is 2.34 bits per heavy atom. The second-order valence-corrected chi connectivity index (χ2v) is 8.71. The van der Waals surface area contributed by atoms with E-state index in [0.717, 1.165) is 4.31 Å². The van der Waals surface area contributed by atoms with Gasteiger partial charge < -0.3 is 10.1 Å². The van der Waals surface area contributed by atoms with Crippen molar-refractivity contribution in [1.29, 1.82) is 0 Å². The highest BCUT2D eigenvalue weighted by atomic mass is 32.2. The molecule has 0 atom stereocenters. The van der Waals surface area contributed by atoms with Crippen LogP contribution < -0.4 is 10.1 Å². The molecule has 0 radical (unpaired) electrons. The van der Waals surface area contributed by atoms with Gasteiger partial charge in [0.25, 0.3) is 5.76 Å². The van der Waals surface area contributed by atoms with Crippen LogP contribution in [0.2, 0.25) is 0 Å². The number of ether oxygens (including phenoxy) is 1. The van der Waals surface area contributed by atoms with Gasteiger partial charge >= 0.3 is 0 Å². The second-order valence-electron chi connectivity index (χ2n) is 5.71. The van der Waals surface area contributed by atoms with Gasteiger partial charge in [-0.25, -0.2) is 8.42 Å². The van der Waals surface area contributed by atoms with Crippen LogP contribution in [0.3, 0.4) is 0 Å². The summed E-state index contributed by atoms with van der Waals surface area (Å²) in [6.07, 6.45) is 1.38. The number of carbonyl (C=O) groups excluding carboxylic acids is 1. The Labute approximate surface area is 172 Å². The number of carbonyl (C=O) groups is 1. The van der Waals surface area contributed by atoms with Crippen molar-refractivity contribution in [3.63, 3.8) is 0 Å². The van der Waals surface area contributed by atoms with Crippen molar-refractivity contribution >= 4 is 33.4 Å². The lowest BCUT2D eigenvalue weighted by Gasteiger charge is -2.20. The van der Waals surface area contributed by atoms with Crippen LogP contribution in [0.4, 0.5) is 14.5 Å². The molecule has 156 valence electrons. The fraction of sp³-hybridized carbons (Fsp3) is 0.211. The van der Waals surface area contributed by atoms with E-state index in [-0.39, 0.29) is 11.4 Å². The number of halogens is 2. The highest BCUT2D eigenvalue weighted by molar-refractivity contribution is 7.99. The van der Waals surface area contributed by atoms with E-state index in [4.69, 9.17) is 4.74 Å². The number of anilines is 1. The van der Waals surface area contributed by atoms with Gasteiger partial charge in [0.15, 0.2) is 0 Å². The number of nitrogens with zero attached hydrogens (tertiary/aromatic N) is 1. The summed E-state index contributed by atoms with van der Waals surface area (Å²) in [7, 11) is -2.47. The maximum Gasteiger partial charge on any atom is 0.288 e. The first-order chi connectivity index (χ1) is 13.8. The minimum Gasteiger partial charge on any atom is -0.497 e. The van der Waals surface area contributed by atoms with E-state index in [1.807, 2.05) is 0 Å². The van der Waals surface area contributed by atoms with E-state index in [9.17, 15) is 22.0 Å². The van der Waals surface area contributed by atoms with Crippen LogP contribution in [0.1, 0.15) is 0 Å². The normalized spacial score (nSPS) is 11.5. The Hall–Kier alpha value is -2.43. The predicted octanol–water partition coefficient (Wildman–Crippen LogP) is 3.83. The molecule has 29 heavy (non-hydrogen) atoms. The summed E-state index contributed by atoms with van der Waals surface area (Å²) in [4.78, 5) is 12.7. The molecule has 1 amide bonds. The molecule has 2 aromatic carbocycles. The molecule has 0 bridgehead atoms. The summed E-state index contributed by atoms with van der Waals surface area (Å²) >= 11 is 0.393. The van der Waals surface area contributed by atoms with Gasteiger partial charge in [0.2, 0.25) is 15.9 Å². The number of hydrogen-bond acceptors (Lipinski definition) is 5. The fourth-order valence-electron chi connectivity index (χ4n) is 2.37. The Morgan fingerprint density at radius 2 is 1.83 bits per heavy atom. The number of hydrogen-bond donors (Lipinski definition) is 1. The average Bonchev–Trinajstić information content (AvgIpc) is 2.69. The van der Waals surface area contributed by atoms with Crippen molar-refractivity contribution in [2.24, 2.45) is 0 Å². The number of amides is 1. The number of benzene rings is 2. The summed E-state index contributed by atoms with van der Waals surface area (Å²) < 4.78 is 56.4. The Kier molecular flexibility index (Phi) is 8.18. The molecule has 0 unspecified atom stereocenters. The minimum atomic E-state index is -3.94. The minimum absolute atomic E-state index is 0.0151. The third kappa shape index (κ3) is 6.55. The number of rotatable bonds is 10. The van der Waals surface area contributed by atoms with Crippen LogP contribution in [0, 0.1) is 0 Å². The quantitative estimate of drug-likeness (QED) is 0.447. The van der Waals surface area contributed by atoms with Crippen molar-refractivity contribution in [2.45, 2.75) is 15.5 Å². The van der Waals surface area contributed by atoms with E-state index in [1.54, 1.807) is 0 Å². The molecule has 0 saturated heterocycles. The van der Waals surface area contributed by atoms with Gasteiger partial charge in [-0.1, -0.05) is 17.8 Å². The maximum atomic E-state index is 12.8. The van der Waals surface area contributed by atoms with E-state index >= 15 is 0 Å². The lowest BCUT2D eigenvalue weighted by Crippen LogP contribution is -2.38. The largest absolute Gasteiger partial charge is 0.497 e. The van der Waals surface area contributed by atoms with Gasteiger partial charge in [-0.3, -0.25) is 4.79 Å². The van der Waals surface area contributed by atoms with E-state index in [1.165, 1.54) is 61.7 Å². The summed E-state index contributed by atoms with van der Waals surface area (Å²) in [5, 5.41) is 2.56. The van der Waals surface area contributed by atoms with Crippen LogP contribution in [-0.4, -0.2) is 44.6 Å². The molecule has 0 fully saturated rings.